The number of hydrogen-bond donors (Lipinski definition) is 1. The van der Waals surface area contributed by atoms with Crippen LogP contribution in [0.1, 0.15) is 31.2 Å². The Morgan fingerprint density at radius 3 is 2.65 bits per heavy atom. The first-order chi connectivity index (χ1) is 8.24. The molecule has 0 saturated heterocycles. The number of hydrogen-bond acceptors (Lipinski definition) is 2. The minimum absolute atomic E-state index is 0.0862. The molecule has 2 unspecified atom stereocenters. The van der Waals surface area contributed by atoms with Gasteiger partial charge in [0, 0.05) is 5.54 Å². The first kappa shape index (κ1) is 11.1. The summed E-state index contributed by atoms with van der Waals surface area (Å²) in [7, 11) is 1.72. The van der Waals surface area contributed by atoms with E-state index in [2.05, 4.69) is 18.2 Å². The molecule has 0 radical (unpaired) electrons. The predicted octanol–water partition coefficient (Wildman–Crippen LogP) is 2.76. The Morgan fingerprint density at radius 1 is 1.29 bits per heavy atom. The second-order valence-electron chi connectivity index (χ2n) is 5.64. The van der Waals surface area contributed by atoms with Gasteiger partial charge in [0.05, 0.1) is 7.11 Å². The van der Waals surface area contributed by atoms with Gasteiger partial charge in [-0.15, -0.1) is 0 Å². The second-order valence-corrected chi connectivity index (χ2v) is 5.64. The molecule has 0 bridgehead atoms. The number of benzene rings is 1. The molecule has 2 nitrogen and oxygen atoms in total. The van der Waals surface area contributed by atoms with Gasteiger partial charge in [-0.2, -0.15) is 0 Å². The van der Waals surface area contributed by atoms with E-state index in [1.807, 2.05) is 6.07 Å². The highest BCUT2D eigenvalue weighted by Crippen LogP contribution is 2.58. The van der Waals surface area contributed by atoms with E-state index in [0.717, 1.165) is 24.0 Å². The maximum absolute atomic E-state index is 6.58. The normalized spacial score (nSPS) is 35.2. The van der Waals surface area contributed by atoms with Gasteiger partial charge >= 0.3 is 0 Å². The molecule has 17 heavy (non-hydrogen) atoms. The van der Waals surface area contributed by atoms with Crippen molar-refractivity contribution in [3.05, 3.63) is 29.8 Å². The van der Waals surface area contributed by atoms with Crippen molar-refractivity contribution in [3.8, 4) is 5.75 Å². The summed E-state index contributed by atoms with van der Waals surface area (Å²) < 4.78 is 5.27. The van der Waals surface area contributed by atoms with Crippen molar-refractivity contribution in [2.24, 2.45) is 17.6 Å². The number of rotatable bonds is 3. The minimum Gasteiger partial charge on any atom is -0.497 e. The highest BCUT2D eigenvalue weighted by atomic mass is 16.5. The number of methoxy groups -OCH3 is 1. The Kier molecular flexibility index (Phi) is 2.62. The van der Waals surface area contributed by atoms with Crippen molar-refractivity contribution in [1.82, 2.24) is 0 Å². The molecule has 0 amide bonds. The lowest BCUT2D eigenvalue weighted by Gasteiger charge is -2.12. The van der Waals surface area contributed by atoms with Crippen LogP contribution < -0.4 is 10.5 Å². The maximum atomic E-state index is 6.58. The lowest BCUT2D eigenvalue weighted by atomic mass is 10.0. The highest BCUT2D eigenvalue weighted by Gasteiger charge is 2.61. The summed E-state index contributed by atoms with van der Waals surface area (Å²) >= 11 is 0. The molecule has 2 atom stereocenters. The van der Waals surface area contributed by atoms with Crippen LogP contribution in [0, 0.1) is 11.8 Å². The number of nitrogens with two attached hydrogens (primary N) is 1. The summed E-state index contributed by atoms with van der Waals surface area (Å²) in [5.74, 6) is 2.50. The molecular formula is C15H21NO. The van der Waals surface area contributed by atoms with Gasteiger partial charge in [0.2, 0.25) is 0 Å². The topological polar surface area (TPSA) is 35.2 Å². The quantitative estimate of drug-likeness (QED) is 0.868. The van der Waals surface area contributed by atoms with Crippen LogP contribution in [0.25, 0.3) is 0 Å². The van der Waals surface area contributed by atoms with Crippen LogP contribution in [-0.2, 0) is 6.42 Å². The van der Waals surface area contributed by atoms with Crippen molar-refractivity contribution in [2.75, 3.05) is 7.11 Å². The zero-order valence-electron chi connectivity index (χ0n) is 10.5. The van der Waals surface area contributed by atoms with E-state index in [0.29, 0.717) is 0 Å². The maximum Gasteiger partial charge on any atom is 0.119 e. The van der Waals surface area contributed by atoms with Crippen LogP contribution in [-0.4, -0.2) is 12.6 Å². The average molecular weight is 231 g/mol. The SMILES string of the molecule is COc1cccc(CC2(N)C3CCCCC32)c1. The summed E-state index contributed by atoms with van der Waals surface area (Å²) in [5, 5.41) is 0. The zero-order valence-corrected chi connectivity index (χ0v) is 10.5. The Labute approximate surface area is 103 Å². The van der Waals surface area contributed by atoms with Gasteiger partial charge in [-0.1, -0.05) is 25.0 Å². The molecule has 3 rings (SSSR count). The molecule has 2 aliphatic carbocycles. The lowest BCUT2D eigenvalue weighted by Crippen LogP contribution is -2.29. The first-order valence-corrected chi connectivity index (χ1v) is 6.66. The van der Waals surface area contributed by atoms with E-state index in [-0.39, 0.29) is 5.54 Å². The fourth-order valence-corrected chi connectivity index (χ4v) is 3.70. The third-order valence-corrected chi connectivity index (χ3v) is 4.68. The van der Waals surface area contributed by atoms with Gasteiger partial charge in [-0.3, -0.25) is 0 Å². The van der Waals surface area contributed by atoms with E-state index >= 15 is 0 Å². The average Bonchev–Trinajstić information content (AvgIpc) is 2.95. The van der Waals surface area contributed by atoms with Crippen LogP contribution >= 0.6 is 0 Å². The highest BCUT2D eigenvalue weighted by molar-refractivity contribution is 5.32. The van der Waals surface area contributed by atoms with Crippen LogP contribution in [0.4, 0.5) is 0 Å². The van der Waals surface area contributed by atoms with E-state index in [1.165, 1.54) is 31.2 Å². The second kappa shape index (κ2) is 4.02. The van der Waals surface area contributed by atoms with Gasteiger partial charge in [-0.25, -0.2) is 0 Å². The minimum atomic E-state index is 0.0862. The third-order valence-electron chi connectivity index (χ3n) is 4.68. The fraction of sp³-hybridized carbons (Fsp3) is 0.600. The van der Waals surface area contributed by atoms with Gasteiger partial charge in [0.15, 0.2) is 0 Å². The first-order valence-electron chi connectivity index (χ1n) is 6.66. The van der Waals surface area contributed by atoms with Crippen LogP contribution in [0.3, 0.4) is 0 Å². The van der Waals surface area contributed by atoms with Gasteiger partial charge in [0.1, 0.15) is 5.75 Å². The number of fused-ring (bicyclic) bond motifs is 1. The molecule has 1 aromatic rings. The molecule has 0 spiro atoms. The van der Waals surface area contributed by atoms with Crippen LogP contribution in [0.2, 0.25) is 0 Å². The Morgan fingerprint density at radius 2 is 2.00 bits per heavy atom. The van der Waals surface area contributed by atoms with Crippen LogP contribution in [0.15, 0.2) is 24.3 Å². The molecule has 0 aliphatic heterocycles. The molecule has 2 saturated carbocycles. The van der Waals surface area contributed by atoms with Gasteiger partial charge in [0.25, 0.3) is 0 Å². The molecule has 1 aromatic carbocycles. The molecule has 2 aliphatic rings. The largest absolute Gasteiger partial charge is 0.497 e. The molecule has 0 heterocycles. The summed E-state index contributed by atoms with van der Waals surface area (Å²) in [6, 6.07) is 8.34. The monoisotopic (exact) mass is 231 g/mol. The summed E-state index contributed by atoms with van der Waals surface area (Å²) in [4.78, 5) is 0. The number of ether oxygens (including phenoxy) is 1. The lowest BCUT2D eigenvalue weighted by molar-refractivity contribution is 0.414. The van der Waals surface area contributed by atoms with E-state index in [1.54, 1.807) is 7.11 Å². The molecular weight excluding hydrogens is 210 g/mol. The van der Waals surface area contributed by atoms with Crippen molar-refractivity contribution < 1.29 is 4.74 Å². The Hall–Kier alpha value is -1.02. The molecule has 0 aromatic heterocycles. The smallest absolute Gasteiger partial charge is 0.119 e. The Bertz CT molecular complexity index is 403. The van der Waals surface area contributed by atoms with Crippen molar-refractivity contribution >= 4 is 0 Å². The predicted molar refractivity (Wildman–Crippen MR) is 69.1 cm³/mol. The third kappa shape index (κ3) is 1.85. The zero-order chi connectivity index (χ0) is 11.9. The molecule has 2 fully saturated rings. The summed E-state index contributed by atoms with van der Waals surface area (Å²) in [6.45, 7) is 0. The van der Waals surface area contributed by atoms with E-state index in [9.17, 15) is 0 Å². The van der Waals surface area contributed by atoms with Gasteiger partial charge in [-0.05, 0) is 48.8 Å². The molecule has 2 heteroatoms. The Balaban J connectivity index is 1.74. The van der Waals surface area contributed by atoms with Gasteiger partial charge < -0.3 is 10.5 Å². The van der Waals surface area contributed by atoms with Crippen LogP contribution in [0.5, 0.6) is 5.75 Å². The summed E-state index contributed by atoms with van der Waals surface area (Å²) in [5.41, 5.74) is 7.99. The molecule has 2 N–H and O–H groups in total. The van der Waals surface area contributed by atoms with E-state index < -0.39 is 0 Å². The fourth-order valence-electron chi connectivity index (χ4n) is 3.70. The standard InChI is InChI=1S/C15H21NO/c1-17-12-6-4-5-11(9-12)10-15(16)13-7-2-3-8-14(13)15/h4-6,9,13-14H,2-3,7-8,10,16H2,1H3. The van der Waals surface area contributed by atoms with E-state index in [4.69, 9.17) is 10.5 Å². The van der Waals surface area contributed by atoms with Crippen molar-refractivity contribution in [2.45, 2.75) is 37.6 Å². The summed E-state index contributed by atoms with van der Waals surface area (Å²) in [6.07, 6.45) is 6.44. The van der Waals surface area contributed by atoms with Crippen molar-refractivity contribution in [3.63, 3.8) is 0 Å². The van der Waals surface area contributed by atoms with Crippen molar-refractivity contribution in [1.29, 1.82) is 0 Å². The molecule has 92 valence electrons.